The van der Waals surface area contributed by atoms with Crippen LogP contribution in [-0.4, -0.2) is 0 Å². The second-order valence-electron chi connectivity index (χ2n) is 2.33. The van der Waals surface area contributed by atoms with Crippen LogP contribution in [-0.2, 0) is 6.42 Å². The van der Waals surface area contributed by atoms with Crippen LogP contribution < -0.4 is 5.73 Å². The Bertz CT molecular complexity index is 250. The van der Waals surface area contributed by atoms with Gasteiger partial charge in [-0.15, -0.1) is 0 Å². The van der Waals surface area contributed by atoms with Crippen molar-refractivity contribution in [1.29, 1.82) is 0 Å². The van der Waals surface area contributed by atoms with Gasteiger partial charge in [-0.2, -0.15) is 0 Å². The number of aryl methyl sites for hydroxylation is 1. The number of anilines is 1. The van der Waals surface area contributed by atoms with Crippen molar-refractivity contribution in [2.24, 2.45) is 0 Å². The summed E-state index contributed by atoms with van der Waals surface area (Å²) >= 11 is 9.17. The maximum Gasteiger partial charge on any atom is 0.0649 e. The fourth-order valence-corrected chi connectivity index (χ4v) is 1.70. The predicted molar refractivity (Wildman–Crippen MR) is 52.9 cm³/mol. The van der Waals surface area contributed by atoms with Crippen molar-refractivity contribution in [2.75, 3.05) is 5.73 Å². The zero-order valence-electron chi connectivity index (χ0n) is 6.20. The molecule has 0 aromatic heterocycles. The quantitative estimate of drug-likeness (QED) is 0.742. The second-order valence-corrected chi connectivity index (χ2v) is 3.59. The number of benzene rings is 1. The molecule has 0 saturated heterocycles. The van der Waals surface area contributed by atoms with Crippen molar-refractivity contribution >= 4 is 33.2 Å². The Hall–Kier alpha value is -0.210. The molecule has 60 valence electrons. The van der Waals surface area contributed by atoms with E-state index in [1.54, 1.807) is 0 Å². The minimum Gasteiger partial charge on any atom is -0.397 e. The van der Waals surface area contributed by atoms with Crippen molar-refractivity contribution in [2.45, 2.75) is 13.3 Å². The summed E-state index contributed by atoms with van der Waals surface area (Å²) < 4.78 is 0.877. The highest BCUT2D eigenvalue weighted by atomic mass is 79.9. The molecule has 0 atom stereocenters. The zero-order chi connectivity index (χ0) is 8.43. The number of nitrogen functional groups attached to an aromatic ring is 1. The van der Waals surface area contributed by atoms with E-state index in [1.165, 1.54) is 5.56 Å². The third-order valence-corrected chi connectivity index (χ3v) is 2.52. The molecule has 1 nitrogen and oxygen atoms in total. The first-order valence-corrected chi connectivity index (χ1v) is 4.55. The number of hydrogen-bond acceptors (Lipinski definition) is 1. The third-order valence-electron chi connectivity index (χ3n) is 1.55. The van der Waals surface area contributed by atoms with Crippen molar-refractivity contribution < 1.29 is 0 Å². The molecule has 11 heavy (non-hydrogen) atoms. The van der Waals surface area contributed by atoms with E-state index in [0.29, 0.717) is 10.7 Å². The summed E-state index contributed by atoms with van der Waals surface area (Å²) in [6, 6.07) is 3.88. The molecular formula is C8H9BrClN. The Labute approximate surface area is 79.7 Å². The minimum atomic E-state index is 0.615. The van der Waals surface area contributed by atoms with Gasteiger partial charge in [0.15, 0.2) is 0 Å². The highest BCUT2D eigenvalue weighted by Gasteiger charge is 2.02. The number of rotatable bonds is 1. The number of halogens is 2. The van der Waals surface area contributed by atoms with Crippen LogP contribution >= 0.6 is 27.5 Å². The summed E-state index contributed by atoms with van der Waals surface area (Å²) in [5.41, 5.74) is 7.43. The standard InChI is InChI=1S/C8H9BrClN/c1-2-5-3-6(9)8(11)7(10)4-5/h3-4H,2,11H2,1H3. The molecule has 1 aromatic carbocycles. The summed E-state index contributed by atoms with van der Waals surface area (Å²) in [7, 11) is 0. The van der Waals surface area contributed by atoms with E-state index >= 15 is 0 Å². The fraction of sp³-hybridized carbons (Fsp3) is 0.250. The molecule has 0 aliphatic rings. The topological polar surface area (TPSA) is 26.0 Å². The largest absolute Gasteiger partial charge is 0.397 e. The normalized spacial score (nSPS) is 10.1. The maximum absolute atomic E-state index is 5.84. The van der Waals surface area contributed by atoms with Crippen molar-refractivity contribution in [1.82, 2.24) is 0 Å². The van der Waals surface area contributed by atoms with Gasteiger partial charge in [0.2, 0.25) is 0 Å². The van der Waals surface area contributed by atoms with Crippen LogP contribution in [0.4, 0.5) is 5.69 Å². The summed E-state index contributed by atoms with van der Waals surface area (Å²) in [5.74, 6) is 0. The summed E-state index contributed by atoms with van der Waals surface area (Å²) in [5, 5.41) is 0.622. The summed E-state index contributed by atoms with van der Waals surface area (Å²) in [6.45, 7) is 2.08. The van der Waals surface area contributed by atoms with E-state index in [2.05, 4.69) is 22.9 Å². The molecule has 0 saturated carbocycles. The van der Waals surface area contributed by atoms with Gasteiger partial charge in [-0.1, -0.05) is 18.5 Å². The Kier molecular flexibility index (Phi) is 2.79. The van der Waals surface area contributed by atoms with Gasteiger partial charge in [-0.3, -0.25) is 0 Å². The highest BCUT2D eigenvalue weighted by molar-refractivity contribution is 9.10. The van der Waals surface area contributed by atoms with Gasteiger partial charge in [-0.25, -0.2) is 0 Å². The van der Waals surface area contributed by atoms with E-state index in [-0.39, 0.29) is 0 Å². The lowest BCUT2D eigenvalue weighted by molar-refractivity contribution is 1.14. The van der Waals surface area contributed by atoms with Crippen LogP contribution in [0.5, 0.6) is 0 Å². The molecule has 0 aliphatic carbocycles. The Balaban J connectivity index is 3.21. The molecule has 0 unspecified atom stereocenters. The van der Waals surface area contributed by atoms with Crippen LogP contribution in [0.2, 0.25) is 5.02 Å². The van der Waals surface area contributed by atoms with Crippen LogP contribution in [0.1, 0.15) is 12.5 Å². The predicted octanol–water partition coefficient (Wildman–Crippen LogP) is 3.25. The lowest BCUT2D eigenvalue weighted by atomic mass is 10.1. The molecule has 0 aliphatic heterocycles. The van der Waals surface area contributed by atoms with Gasteiger partial charge in [0.25, 0.3) is 0 Å². The van der Waals surface area contributed by atoms with Crippen molar-refractivity contribution in [3.8, 4) is 0 Å². The number of nitrogens with two attached hydrogens (primary N) is 1. The molecule has 0 heterocycles. The molecular weight excluding hydrogens is 225 g/mol. The number of hydrogen-bond donors (Lipinski definition) is 1. The second kappa shape index (κ2) is 3.46. The van der Waals surface area contributed by atoms with Crippen molar-refractivity contribution in [3.05, 3.63) is 27.2 Å². The first-order chi connectivity index (χ1) is 5.15. The van der Waals surface area contributed by atoms with Gasteiger partial charge >= 0.3 is 0 Å². The van der Waals surface area contributed by atoms with Crippen molar-refractivity contribution in [3.63, 3.8) is 0 Å². The van der Waals surface area contributed by atoms with Gasteiger partial charge in [0.1, 0.15) is 0 Å². The molecule has 3 heteroatoms. The average molecular weight is 235 g/mol. The van der Waals surface area contributed by atoms with Gasteiger partial charge in [0.05, 0.1) is 10.7 Å². The highest BCUT2D eigenvalue weighted by Crippen LogP contribution is 2.29. The first kappa shape index (κ1) is 8.88. The maximum atomic E-state index is 5.84. The molecule has 1 aromatic rings. The van der Waals surface area contributed by atoms with Gasteiger partial charge < -0.3 is 5.73 Å². The van der Waals surface area contributed by atoms with Crippen LogP contribution in [0, 0.1) is 0 Å². The SMILES string of the molecule is CCc1cc(Cl)c(N)c(Br)c1. The average Bonchev–Trinajstić information content (AvgIpc) is 1.99. The van der Waals surface area contributed by atoms with E-state index in [1.807, 2.05) is 12.1 Å². The molecule has 0 bridgehead atoms. The Morgan fingerprint density at radius 3 is 2.64 bits per heavy atom. The molecule has 0 spiro atoms. The van der Waals surface area contributed by atoms with Gasteiger partial charge in [-0.05, 0) is 40.0 Å². The molecule has 0 radical (unpaired) electrons. The lowest BCUT2D eigenvalue weighted by Crippen LogP contribution is -1.90. The van der Waals surface area contributed by atoms with Crippen LogP contribution in [0.3, 0.4) is 0 Å². The van der Waals surface area contributed by atoms with E-state index < -0.39 is 0 Å². The van der Waals surface area contributed by atoms with E-state index in [9.17, 15) is 0 Å². The summed E-state index contributed by atoms with van der Waals surface area (Å²) in [6.07, 6.45) is 0.971. The third kappa shape index (κ3) is 1.88. The summed E-state index contributed by atoms with van der Waals surface area (Å²) in [4.78, 5) is 0. The van der Waals surface area contributed by atoms with E-state index in [0.717, 1.165) is 10.9 Å². The van der Waals surface area contributed by atoms with E-state index in [4.69, 9.17) is 17.3 Å². The molecule has 1 rings (SSSR count). The Morgan fingerprint density at radius 1 is 1.55 bits per heavy atom. The lowest BCUT2D eigenvalue weighted by Gasteiger charge is -2.03. The molecule has 2 N–H and O–H groups in total. The molecule has 0 fully saturated rings. The van der Waals surface area contributed by atoms with Gasteiger partial charge in [0, 0.05) is 4.47 Å². The fourth-order valence-electron chi connectivity index (χ4n) is 0.841. The monoisotopic (exact) mass is 233 g/mol. The molecule has 0 amide bonds. The van der Waals surface area contributed by atoms with Crippen LogP contribution in [0.25, 0.3) is 0 Å². The smallest absolute Gasteiger partial charge is 0.0649 e. The minimum absolute atomic E-state index is 0.615. The first-order valence-electron chi connectivity index (χ1n) is 3.38. The Morgan fingerprint density at radius 2 is 2.18 bits per heavy atom. The zero-order valence-corrected chi connectivity index (χ0v) is 8.54. The van der Waals surface area contributed by atoms with Crippen LogP contribution in [0.15, 0.2) is 16.6 Å².